The van der Waals surface area contributed by atoms with E-state index in [-0.39, 0.29) is 22.7 Å². The summed E-state index contributed by atoms with van der Waals surface area (Å²) in [6.45, 7) is 0. The number of methoxy groups -OCH3 is 2. The van der Waals surface area contributed by atoms with Gasteiger partial charge in [0.15, 0.2) is 0 Å². The van der Waals surface area contributed by atoms with Gasteiger partial charge in [-0.1, -0.05) is 30.3 Å². The molecule has 0 amide bonds. The molecule has 2 aromatic carbocycles. The highest BCUT2D eigenvalue weighted by Crippen LogP contribution is 2.43. The van der Waals surface area contributed by atoms with Gasteiger partial charge in [0.2, 0.25) is 0 Å². The Morgan fingerprint density at radius 1 is 1.03 bits per heavy atom. The fourth-order valence-corrected chi connectivity index (χ4v) is 3.98. The summed E-state index contributed by atoms with van der Waals surface area (Å²) in [5.41, 5.74) is 6.96. The molecule has 3 aromatic rings. The normalized spacial score (nSPS) is 15.8. The molecule has 0 aliphatic carbocycles. The Morgan fingerprint density at radius 2 is 1.74 bits per heavy atom. The molecule has 1 atom stereocenters. The SMILES string of the molecule is COC(=O)C1=C(C(=O)OC)N(c2ccc3oc(=O)ccc3c2)C(N)=C(C#N)C1c1ccccc1. The van der Waals surface area contributed by atoms with E-state index < -0.39 is 23.5 Å². The van der Waals surface area contributed by atoms with Gasteiger partial charge in [-0.2, -0.15) is 5.26 Å². The molecule has 34 heavy (non-hydrogen) atoms. The fraction of sp³-hybridized carbons (Fsp3) is 0.120. The maximum atomic E-state index is 13.1. The molecule has 9 heteroatoms. The zero-order valence-electron chi connectivity index (χ0n) is 18.3. The standard InChI is InChI=1S/C25H19N3O6/c1-32-24(30)21-20(14-6-4-3-5-7-14)17(13-26)23(27)28(22(21)25(31)33-2)16-9-10-18-15(12-16)8-11-19(29)34-18/h3-12,20H,27H2,1-2H3. The van der Waals surface area contributed by atoms with Crippen LogP contribution in [0.15, 0.2) is 92.5 Å². The van der Waals surface area contributed by atoms with Gasteiger partial charge in [-0.25, -0.2) is 14.4 Å². The Kier molecular flexibility index (Phi) is 5.89. The Balaban J connectivity index is 2.06. The van der Waals surface area contributed by atoms with E-state index in [1.54, 1.807) is 48.5 Å². The lowest BCUT2D eigenvalue weighted by atomic mass is 9.81. The van der Waals surface area contributed by atoms with Crippen LogP contribution in [0.4, 0.5) is 5.69 Å². The summed E-state index contributed by atoms with van der Waals surface area (Å²) >= 11 is 0. The summed E-state index contributed by atoms with van der Waals surface area (Å²) in [7, 11) is 2.36. The van der Waals surface area contributed by atoms with Crippen molar-refractivity contribution in [2.24, 2.45) is 5.73 Å². The van der Waals surface area contributed by atoms with Crippen LogP contribution >= 0.6 is 0 Å². The van der Waals surface area contributed by atoms with Crippen LogP contribution in [0.3, 0.4) is 0 Å². The second kappa shape index (κ2) is 8.96. The number of benzene rings is 2. The molecule has 4 rings (SSSR count). The second-order valence-electron chi connectivity index (χ2n) is 7.31. The first-order valence-electron chi connectivity index (χ1n) is 10.1. The molecule has 9 nitrogen and oxygen atoms in total. The lowest BCUT2D eigenvalue weighted by molar-refractivity contribution is -0.139. The largest absolute Gasteiger partial charge is 0.466 e. The van der Waals surface area contributed by atoms with Crippen molar-refractivity contribution >= 4 is 28.6 Å². The highest BCUT2D eigenvalue weighted by atomic mass is 16.5. The topological polar surface area (TPSA) is 136 Å². The van der Waals surface area contributed by atoms with Crippen LogP contribution in [0.5, 0.6) is 0 Å². The average Bonchev–Trinajstić information content (AvgIpc) is 2.87. The van der Waals surface area contributed by atoms with Crippen molar-refractivity contribution in [3.05, 3.63) is 99.3 Å². The molecule has 1 aliphatic rings. The first kappa shape index (κ1) is 22.4. The van der Waals surface area contributed by atoms with Gasteiger partial charge in [0.1, 0.15) is 17.1 Å². The van der Waals surface area contributed by atoms with E-state index in [0.29, 0.717) is 22.2 Å². The lowest BCUT2D eigenvalue weighted by Gasteiger charge is -2.35. The monoisotopic (exact) mass is 457 g/mol. The molecule has 1 aliphatic heterocycles. The minimum absolute atomic E-state index is 0.0545. The van der Waals surface area contributed by atoms with Crippen molar-refractivity contribution in [3.63, 3.8) is 0 Å². The van der Waals surface area contributed by atoms with Crippen molar-refractivity contribution in [1.29, 1.82) is 5.26 Å². The third-order valence-corrected chi connectivity index (χ3v) is 5.47. The Morgan fingerprint density at radius 3 is 2.38 bits per heavy atom. The molecule has 0 spiro atoms. The molecule has 0 bridgehead atoms. The maximum Gasteiger partial charge on any atom is 0.355 e. The first-order chi connectivity index (χ1) is 16.4. The van der Waals surface area contributed by atoms with Gasteiger partial charge in [-0.15, -0.1) is 0 Å². The second-order valence-corrected chi connectivity index (χ2v) is 7.31. The van der Waals surface area contributed by atoms with Gasteiger partial charge in [-0.3, -0.25) is 4.90 Å². The molecular formula is C25H19N3O6. The van der Waals surface area contributed by atoms with Crippen LogP contribution in [0, 0.1) is 11.3 Å². The van der Waals surface area contributed by atoms with Crippen LogP contribution in [0.2, 0.25) is 0 Å². The summed E-state index contributed by atoms with van der Waals surface area (Å²) < 4.78 is 15.2. The summed E-state index contributed by atoms with van der Waals surface area (Å²) in [4.78, 5) is 38.9. The third-order valence-electron chi connectivity index (χ3n) is 5.47. The Hall–Kier alpha value is -4.84. The van der Waals surface area contributed by atoms with Crippen LogP contribution < -0.4 is 16.3 Å². The van der Waals surface area contributed by atoms with Gasteiger partial charge in [0, 0.05) is 17.1 Å². The molecule has 2 N–H and O–H groups in total. The van der Waals surface area contributed by atoms with E-state index in [4.69, 9.17) is 19.6 Å². The molecule has 0 saturated heterocycles. The van der Waals surface area contributed by atoms with Crippen LogP contribution in [0.1, 0.15) is 11.5 Å². The number of nitrogens with two attached hydrogens (primary N) is 1. The van der Waals surface area contributed by atoms with Crippen LogP contribution in [0.25, 0.3) is 11.0 Å². The molecule has 0 saturated carbocycles. The maximum absolute atomic E-state index is 13.1. The number of carbonyl (C=O) groups is 2. The number of fused-ring (bicyclic) bond motifs is 1. The number of esters is 2. The Labute approximate surface area is 193 Å². The predicted octanol–water partition coefficient (Wildman–Crippen LogP) is 2.69. The summed E-state index contributed by atoms with van der Waals surface area (Å²) in [5, 5.41) is 10.6. The van der Waals surface area contributed by atoms with Gasteiger partial charge < -0.3 is 19.6 Å². The van der Waals surface area contributed by atoms with Gasteiger partial charge in [0.25, 0.3) is 0 Å². The van der Waals surface area contributed by atoms with E-state index in [9.17, 15) is 19.6 Å². The quantitative estimate of drug-likeness (QED) is 0.463. The van der Waals surface area contributed by atoms with Crippen molar-refractivity contribution in [2.45, 2.75) is 5.92 Å². The van der Waals surface area contributed by atoms with E-state index in [2.05, 4.69) is 6.07 Å². The number of carbonyl (C=O) groups excluding carboxylic acids is 2. The zero-order valence-corrected chi connectivity index (χ0v) is 18.3. The molecular weight excluding hydrogens is 438 g/mol. The predicted molar refractivity (Wildman–Crippen MR) is 122 cm³/mol. The molecule has 1 aromatic heterocycles. The minimum Gasteiger partial charge on any atom is -0.466 e. The van der Waals surface area contributed by atoms with Crippen LogP contribution in [-0.4, -0.2) is 26.2 Å². The van der Waals surface area contributed by atoms with Crippen molar-refractivity contribution in [3.8, 4) is 6.07 Å². The van der Waals surface area contributed by atoms with Crippen molar-refractivity contribution in [2.75, 3.05) is 19.1 Å². The number of allylic oxidation sites excluding steroid dienone is 1. The third kappa shape index (κ3) is 3.67. The van der Waals surface area contributed by atoms with E-state index in [1.165, 1.54) is 31.3 Å². The average molecular weight is 457 g/mol. The minimum atomic E-state index is -0.956. The molecule has 0 fully saturated rings. The highest BCUT2D eigenvalue weighted by Gasteiger charge is 2.43. The smallest absolute Gasteiger partial charge is 0.355 e. The van der Waals surface area contributed by atoms with Crippen molar-refractivity contribution < 1.29 is 23.5 Å². The van der Waals surface area contributed by atoms with Gasteiger partial charge >= 0.3 is 17.6 Å². The van der Waals surface area contributed by atoms with Gasteiger partial charge in [0.05, 0.1) is 37.4 Å². The highest BCUT2D eigenvalue weighted by molar-refractivity contribution is 6.06. The number of anilines is 1. The summed E-state index contributed by atoms with van der Waals surface area (Å²) in [5.74, 6) is -2.67. The van der Waals surface area contributed by atoms with Gasteiger partial charge in [-0.05, 0) is 29.8 Å². The molecule has 2 heterocycles. The molecule has 0 radical (unpaired) electrons. The van der Waals surface area contributed by atoms with Crippen molar-refractivity contribution in [1.82, 2.24) is 0 Å². The number of hydrogen-bond donors (Lipinski definition) is 1. The number of nitrogens with zero attached hydrogens (tertiary/aromatic N) is 2. The summed E-state index contributed by atoms with van der Waals surface area (Å²) in [6, 6.07) is 18.3. The molecule has 170 valence electrons. The van der Waals surface area contributed by atoms with E-state index in [1.807, 2.05) is 0 Å². The fourth-order valence-electron chi connectivity index (χ4n) is 3.98. The summed E-state index contributed by atoms with van der Waals surface area (Å²) in [6.07, 6.45) is 0. The number of ether oxygens (including phenoxy) is 2. The number of nitriles is 1. The number of hydrogen-bond acceptors (Lipinski definition) is 9. The molecule has 1 unspecified atom stereocenters. The zero-order chi connectivity index (χ0) is 24.4. The Bertz CT molecular complexity index is 1460. The number of rotatable bonds is 4. The van der Waals surface area contributed by atoms with E-state index in [0.717, 1.165) is 0 Å². The first-order valence-corrected chi connectivity index (χ1v) is 10.1. The van der Waals surface area contributed by atoms with Crippen LogP contribution in [-0.2, 0) is 19.1 Å². The van der Waals surface area contributed by atoms with E-state index >= 15 is 0 Å². The lowest BCUT2D eigenvalue weighted by Crippen LogP contribution is -2.40.